The Morgan fingerprint density at radius 3 is 2.62 bits per heavy atom. The third-order valence-corrected chi connectivity index (χ3v) is 4.33. The number of hydrogen-bond acceptors (Lipinski definition) is 5. The molecule has 0 aliphatic carbocycles. The minimum absolute atomic E-state index is 0.208. The molecule has 1 aromatic heterocycles. The van der Waals surface area contributed by atoms with E-state index < -0.39 is 15.0 Å². The number of amides is 1. The fourth-order valence-electron chi connectivity index (χ4n) is 2.02. The summed E-state index contributed by atoms with van der Waals surface area (Å²) in [6, 6.07) is -0.208. The van der Waals surface area contributed by atoms with Gasteiger partial charge in [-0.25, -0.2) is 8.42 Å². The number of aromatic nitrogens is 2. The van der Waals surface area contributed by atoms with Crippen LogP contribution in [0.5, 0.6) is 0 Å². The number of nitrogens with zero attached hydrogens (tertiary/aromatic N) is 1. The average molecular weight is 338 g/mol. The maximum atomic E-state index is 12.2. The van der Waals surface area contributed by atoms with Gasteiger partial charge in [-0.1, -0.05) is 20.3 Å². The van der Waals surface area contributed by atoms with Crippen molar-refractivity contribution in [2.75, 3.05) is 13.7 Å². The monoisotopic (exact) mass is 337 g/mol. The van der Waals surface area contributed by atoms with Crippen molar-refractivity contribution in [3.8, 4) is 0 Å². The molecule has 1 atom stereocenters. The summed E-state index contributed by atoms with van der Waals surface area (Å²) in [5, 5.41) is 9.04. The van der Waals surface area contributed by atoms with E-state index in [1.165, 1.54) is 7.11 Å². The molecule has 1 amide bonds. The molecule has 0 saturated carbocycles. The lowest BCUT2D eigenvalue weighted by Crippen LogP contribution is -2.38. The van der Waals surface area contributed by atoms with Crippen LogP contribution in [-0.2, 0) is 20.2 Å². The number of carbonyl (C=O) groups is 1. The summed E-state index contributed by atoms with van der Waals surface area (Å²) in [4.78, 5) is 12.0. The molecule has 7 nitrogen and oxygen atoms in total. The Morgan fingerprint density at radius 1 is 1.48 bits per heavy atom. The lowest BCUT2D eigenvalue weighted by Gasteiger charge is -2.16. The van der Waals surface area contributed by atoms with E-state index >= 15 is 0 Å². The van der Waals surface area contributed by atoms with Crippen LogP contribution in [0.1, 0.15) is 42.9 Å². The predicted octanol–water partition coefficient (Wildman–Crippen LogP) is 1.44. The second-order valence-corrected chi connectivity index (χ2v) is 7.09. The molecule has 0 bridgehead atoms. The van der Waals surface area contributed by atoms with Crippen LogP contribution in [0.15, 0.2) is 4.90 Å². The van der Waals surface area contributed by atoms with Crippen LogP contribution >= 0.6 is 10.7 Å². The molecule has 2 N–H and O–H groups in total. The Balaban J connectivity index is 3.05. The van der Waals surface area contributed by atoms with Crippen LogP contribution in [0.3, 0.4) is 0 Å². The normalized spacial score (nSPS) is 13.1. The molecular weight excluding hydrogens is 318 g/mol. The summed E-state index contributed by atoms with van der Waals surface area (Å²) in [7, 11) is 2.88. The van der Waals surface area contributed by atoms with Gasteiger partial charge in [0, 0.05) is 17.8 Å². The first-order valence-corrected chi connectivity index (χ1v) is 8.97. The molecule has 120 valence electrons. The van der Waals surface area contributed by atoms with Crippen LogP contribution in [0, 0.1) is 0 Å². The zero-order valence-electron chi connectivity index (χ0n) is 12.3. The molecule has 1 unspecified atom stereocenters. The lowest BCUT2D eigenvalue weighted by molar-refractivity contribution is 0.0883. The second-order valence-electron chi connectivity index (χ2n) is 4.59. The molecule has 0 aromatic carbocycles. The number of hydrogen-bond donors (Lipinski definition) is 2. The van der Waals surface area contributed by atoms with Crippen LogP contribution in [0.2, 0.25) is 0 Å². The van der Waals surface area contributed by atoms with E-state index in [0.29, 0.717) is 25.1 Å². The fourth-order valence-corrected chi connectivity index (χ4v) is 3.38. The molecule has 0 radical (unpaired) electrons. The number of aromatic amines is 1. The number of aryl methyl sites for hydroxylation is 1. The number of halogens is 1. The first-order chi connectivity index (χ1) is 9.85. The van der Waals surface area contributed by atoms with Crippen molar-refractivity contribution in [1.82, 2.24) is 15.5 Å². The van der Waals surface area contributed by atoms with Gasteiger partial charge in [-0.15, -0.1) is 0 Å². The SMILES string of the molecule is CCCC(COC)NC(=O)c1n[nH]c(CC)c1S(=O)(=O)Cl. The summed E-state index contributed by atoms with van der Waals surface area (Å²) >= 11 is 0. The maximum absolute atomic E-state index is 12.2. The quantitative estimate of drug-likeness (QED) is 0.699. The van der Waals surface area contributed by atoms with Crippen LogP contribution in [0.4, 0.5) is 0 Å². The van der Waals surface area contributed by atoms with Gasteiger partial charge in [-0.2, -0.15) is 5.10 Å². The first kappa shape index (κ1) is 17.9. The highest BCUT2D eigenvalue weighted by atomic mass is 35.7. The van der Waals surface area contributed by atoms with Gasteiger partial charge in [-0.05, 0) is 12.8 Å². The topological polar surface area (TPSA) is 101 Å². The van der Waals surface area contributed by atoms with E-state index in [9.17, 15) is 13.2 Å². The minimum Gasteiger partial charge on any atom is -0.383 e. The molecule has 1 aromatic rings. The Morgan fingerprint density at radius 2 is 2.14 bits per heavy atom. The molecule has 1 heterocycles. The van der Waals surface area contributed by atoms with Crippen LogP contribution in [0.25, 0.3) is 0 Å². The van der Waals surface area contributed by atoms with Gasteiger partial charge in [0.2, 0.25) is 0 Å². The highest BCUT2D eigenvalue weighted by Gasteiger charge is 2.28. The highest BCUT2D eigenvalue weighted by Crippen LogP contribution is 2.23. The summed E-state index contributed by atoms with van der Waals surface area (Å²) in [5.74, 6) is -0.583. The Kier molecular flexibility index (Phi) is 6.63. The van der Waals surface area contributed by atoms with Crippen molar-refractivity contribution in [1.29, 1.82) is 0 Å². The van der Waals surface area contributed by atoms with E-state index in [-0.39, 0.29) is 16.6 Å². The average Bonchev–Trinajstić information content (AvgIpc) is 2.83. The minimum atomic E-state index is -4.05. The van der Waals surface area contributed by atoms with Gasteiger partial charge in [0.05, 0.1) is 18.3 Å². The molecule has 9 heteroatoms. The number of rotatable bonds is 8. The number of methoxy groups -OCH3 is 1. The van der Waals surface area contributed by atoms with Crippen molar-refractivity contribution in [2.24, 2.45) is 0 Å². The van der Waals surface area contributed by atoms with Crippen molar-refractivity contribution in [3.05, 3.63) is 11.4 Å². The summed E-state index contributed by atoms with van der Waals surface area (Å²) in [6.07, 6.45) is 1.95. The third-order valence-electron chi connectivity index (χ3n) is 2.94. The van der Waals surface area contributed by atoms with Crippen molar-refractivity contribution in [3.63, 3.8) is 0 Å². The molecule has 0 spiro atoms. The predicted molar refractivity (Wildman–Crippen MR) is 79.0 cm³/mol. The summed E-state index contributed by atoms with van der Waals surface area (Å²) < 4.78 is 28.3. The zero-order valence-corrected chi connectivity index (χ0v) is 13.8. The maximum Gasteiger partial charge on any atom is 0.273 e. The fraction of sp³-hybridized carbons (Fsp3) is 0.667. The molecule has 0 aliphatic heterocycles. The van der Waals surface area contributed by atoms with Crippen LogP contribution in [-0.4, -0.2) is 44.3 Å². The van der Waals surface area contributed by atoms with E-state index in [4.69, 9.17) is 15.4 Å². The van der Waals surface area contributed by atoms with E-state index in [1.54, 1.807) is 6.92 Å². The Bertz CT molecular complexity index is 579. The van der Waals surface area contributed by atoms with Gasteiger partial charge in [0.25, 0.3) is 15.0 Å². The third kappa shape index (κ3) is 4.69. The van der Waals surface area contributed by atoms with Gasteiger partial charge < -0.3 is 10.1 Å². The molecule has 0 fully saturated rings. The van der Waals surface area contributed by atoms with E-state index in [2.05, 4.69) is 15.5 Å². The number of ether oxygens (including phenoxy) is 1. The largest absolute Gasteiger partial charge is 0.383 e. The Labute approximate surface area is 128 Å². The zero-order chi connectivity index (χ0) is 16.0. The highest BCUT2D eigenvalue weighted by molar-refractivity contribution is 8.13. The smallest absolute Gasteiger partial charge is 0.273 e. The van der Waals surface area contributed by atoms with Gasteiger partial charge in [0.1, 0.15) is 4.90 Å². The van der Waals surface area contributed by atoms with E-state index in [1.807, 2.05) is 6.92 Å². The van der Waals surface area contributed by atoms with Gasteiger partial charge in [0.15, 0.2) is 5.69 Å². The molecule has 1 rings (SSSR count). The second kappa shape index (κ2) is 7.77. The molecule has 0 aliphatic rings. The van der Waals surface area contributed by atoms with E-state index in [0.717, 1.165) is 6.42 Å². The first-order valence-electron chi connectivity index (χ1n) is 6.66. The summed E-state index contributed by atoms with van der Waals surface area (Å²) in [6.45, 7) is 4.06. The van der Waals surface area contributed by atoms with Crippen molar-refractivity contribution < 1.29 is 17.9 Å². The van der Waals surface area contributed by atoms with Crippen molar-refractivity contribution in [2.45, 2.75) is 44.0 Å². The summed E-state index contributed by atoms with van der Waals surface area (Å²) in [5.41, 5.74) is 0.105. The molecule has 21 heavy (non-hydrogen) atoms. The van der Waals surface area contributed by atoms with Crippen molar-refractivity contribution >= 4 is 25.6 Å². The Hall–Kier alpha value is -1.12. The van der Waals surface area contributed by atoms with Gasteiger partial charge in [-0.3, -0.25) is 9.89 Å². The van der Waals surface area contributed by atoms with Crippen LogP contribution < -0.4 is 5.32 Å². The standard InChI is InChI=1S/C12H20ClN3O4S/c1-4-6-8(7-20-3)14-12(17)10-11(21(13,18)19)9(5-2)15-16-10/h8H,4-7H2,1-3H3,(H,14,17)(H,15,16). The van der Waals surface area contributed by atoms with Gasteiger partial charge >= 0.3 is 0 Å². The molecular formula is C12H20ClN3O4S. The number of carbonyl (C=O) groups excluding carboxylic acids is 1. The number of nitrogens with one attached hydrogen (secondary N) is 2. The lowest BCUT2D eigenvalue weighted by atomic mass is 10.1. The molecule has 0 saturated heterocycles. The number of H-pyrrole nitrogens is 1.